The SMILES string of the molecule is CCCCCCCSc1ccc(NC)cc1.CSN(C)c1ccc(N2CCNCC2)cc1C=O. The number of hydrogen-bond donors (Lipinski definition) is 2. The minimum Gasteiger partial charge on any atom is -0.388 e. The standard InChI is InChI=1S/C14H23NS.C13H19N3OS/c1-3-4-5-6-7-12-16-14-10-8-13(15-2)9-11-14;1-15(18-2)13-4-3-12(9-11(13)10-17)16-7-5-14-6-8-16/h8-11,15H,3-7,12H2,1-2H3;3-4,9-10,14H,5-8H2,1-2H3. The van der Waals surface area contributed by atoms with Crippen LogP contribution in [0.15, 0.2) is 47.4 Å². The van der Waals surface area contributed by atoms with E-state index >= 15 is 0 Å². The quantitative estimate of drug-likeness (QED) is 0.150. The van der Waals surface area contributed by atoms with Crippen LogP contribution in [0.1, 0.15) is 49.4 Å². The molecule has 2 N–H and O–H groups in total. The molecule has 3 rings (SSSR count). The highest BCUT2D eigenvalue weighted by Crippen LogP contribution is 2.27. The Balaban J connectivity index is 0.000000242. The van der Waals surface area contributed by atoms with E-state index in [4.69, 9.17) is 0 Å². The van der Waals surface area contributed by atoms with E-state index in [1.165, 1.54) is 48.4 Å². The van der Waals surface area contributed by atoms with Crippen molar-refractivity contribution in [1.82, 2.24) is 5.32 Å². The summed E-state index contributed by atoms with van der Waals surface area (Å²) < 4.78 is 2.01. The van der Waals surface area contributed by atoms with E-state index in [9.17, 15) is 4.79 Å². The Labute approximate surface area is 215 Å². The molecule has 0 amide bonds. The topological polar surface area (TPSA) is 47.6 Å². The van der Waals surface area contributed by atoms with Crippen molar-refractivity contribution in [2.24, 2.45) is 0 Å². The average molecular weight is 503 g/mol. The van der Waals surface area contributed by atoms with E-state index in [2.05, 4.69) is 52.8 Å². The van der Waals surface area contributed by atoms with Crippen LogP contribution in [0.2, 0.25) is 0 Å². The fourth-order valence-corrected chi connectivity index (χ4v) is 5.03. The van der Waals surface area contributed by atoms with Gasteiger partial charge in [-0.05, 0) is 54.6 Å². The van der Waals surface area contributed by atoms with Gasteiger partial charge in [-0.3, -0.25) is 4.79 Å². The maximum atomic E-state index is 11.2. The van der Waals surface area contributed by atoms with Gasteiger partial charge in [0, 0.05) is 68.4 Å². The molecule has 1 heterocycles. The molecule has 1 aliphatic heterocycles. The molecule has 0 spiro atoms. The number of nitrogens with one attached hydrogen (secondary N) is 2. The molecule has 0 aromatic heterocycles. The maximum Gasteiger partial charge on any atom is 0.152 e. The lowest BCUT2D eigenvalue weighted by molar-refractivity contribution is 0.112. The second-order valence-electron chi connectivity index (χ2n) is 8.32. The number of hydrogen-bond acceptors (Lipinski definition) is 7. The molecule has 0 aliphatic carbocycles. The van der Waals surface area contributed by atoms with Gasteiger partial charge < -0.3 is 19.8 Å². The summed E-state index contributed by atoms with van der Waals surface area (Å²) in [5, 5.41) is 6.46. The van der Waals surface area contributed by atoms with Gasteiger partial charge in [-0.2, -0.15) is 0 Å². The molecule has 2 aromatic rings. The third kappa shape index (κ3) is 9.80. The van der Waals surface area contributed by atoms with Crippen molar-refractivity contribution in [2.75, 3.05) is 66.8 Å². The van der Waals surface area contributed by atoms with Crippen LogP contribution in [0.3, 0.4) is 0 Å². The molecule has 7 heteroatoms. The number of rotatable bonds is 12. The largest absolute Gasteiger partial charge is 0.388 e. The summed E-state index contributed by atoms with van der Waals surface area (Å²) in [6.45, 7) is 6.26. The van der Waals surface area contributed by atoms with E-state index in [1.807, 2.05) is 48.6 Å². The molecular weight excluding hydrogens is 460 g/mol. The summed E-state index contributed by atoms with van der Waals surface area (Å²) in [6, 6.07) is 14.8. The van der Waals surface area contributed by atoms with Crippen LogP contribution < -0.4 is 19.8 Å². The highest BCUT2D eigenvalue weighted by Gasteiger charge is 2.13. The Morgan fingerprint density at radius 3 is 2.38 bits per heavy atom. The zero-order valence-electron chi connectivity index (χ0n) is 21.3. The van der Waals surface area contributed by atoms with Crippen molar-refractivity contribution < 1.29 is 4.79 Å². The predicted octanol–water partition coefficient (Wildman–Crippen LogP) is 6.41. The van der Waals surface area contributed by atoms with Gasteiger partial charge in [-0.25, -0.2) is 0 Å². The third-order valence-electron chi connectivity index (χ3n) is 5.89. The Morgan fingerprint density at radius 2 is 1.76 bits per heavy atom. The Kier molecular flexibility index (Phi) is 14.0. The third-order valence-corrected chi connectivity index (χ3v) is 7.74. The molecule has 5 nitrogen and oxygen atoms in total. The molecular formula is C27H42N4OS2. The molecule has 0 saturated carbocycles. The van der Waals surface area contributed by atoms with Crippen LogP contribution in [0, 0.1) is 0 Å². The van der Waals surface area contributed by atoms with E-state index in [1.54, 1.807) is 11.9 Å². The van der Waals surface area contributed by atoms with E-state index in [0.29, 0.717) is 0 Å². The summed E-state index contributed by atoms with van der Waals surface area (Å²) in [7, 11) is 3.92. The number of nitrogens with zero attached hydrogens (tertiary/aromatic N) is 2. The van der Waals surface area contributed by atoms with Gasteiger partial charge in [0.1, 0.15) is 0 Å². The van der Waals surface area contributed by atoms with Crippen LogP contribution >= 0.6 is 23.7 Å². The maximum absolute atomic E-state index is 11.2. The Hall–Kier alpha value is -1.83. The van der Waals surface area contributed by atoms with Crippen LogP contribution in [-0.4, -0.2) is 58.6 Å². The number of aldehydes is 1. The fraction of sp³-hybridized carbons (Fsp3) is 0.519. The number of carbonyl (C=O) groups excluding carboxylic acids is 1. The van der Waals surface area contributed by atoms with Crippen LogP contribution in [-0.2, 0) is 0 Å². The Bertz CT molecular complexity index is 826. The molecule has 188 valence electrons. The van der Waals surface area contributed by atoms with Gasteiger partial charge in [-0.1, -0.05) is 44.6 Å². The minimum absolute atomic E-state index is 0.753. The van der Waals surface area contributed by atoms with Crippen LogP contribution in [0.5, 0.6) is 0 Å². The number of carbonyl (C=O) groups is 1. The first-order chi connectivity index (χ1) is 16.6. The van der Waals surface area contributed by atoms with Crippen molar-refractivity contribution in [3.05, 3.63) is 48.0 Å². The molecule has 0 radical (unpaired) electrons. The molecule has 1 fully saturated rings. The zero-order valence-corrected chi connectivity index (χ0v) is 22.9. The molecule has 34 heavy (non-hydrogen) atoms. The molecule has 0 atom stereocenters. The second kappa shape index (κ2) is 16.7. The lowest BCUT2D eigenvalue weighted by Gasteiger charge is -2.30. The highest BCUT2D eigenvalue weighted by atomic mass is 32.2. The summed E-state index contributed by atoms with van der Waals surface area (Å²) in [6.07, 6.45) is 9.79. The lowest BCUT2D eigenvalue weighted by Crippen LogP contribution is -2.43. The Morgan fingerprint density at radius 1 is 1.06 bits per heavy atom. The lowest BCUT2D eigenvalue weighted by atomic mass is 10.1. The normalized spacial score (nSPS) is 13.1. The first-order valence-corrected chi connectivity index (χ1v) is 14.5. The molecule has 1 saturated heterocycles. The number of thioether (sulfide) groups is 1. The average Bonchev–Trinajstić information content (AvgIpc) is 2.91. The van der Waals surface area contributed by atoms with Gasteiger partial charge in [0.25, 0.3) is 0 Å². The predicted molar refractivity (Wildman–Crippen MR) is 154 cm³/mol. The second-order valence-corrected chi connectivity index (χ2v) is 10.4. The van der Waals surface area contributed by atoms with Crippen molar-refractivity contribution >= 4 is 47.1 Å². The number of unbranched alkanes of at least 4 members (excludes halogenated alkanes) is 4. The first-order valence-electron chi connectivity index (χ1n) is 12.4. The summed E-state index contributed by atoms with van der Waals surface area (Å²) in [5.74, 6) is 1.25. The number of anilines is 3. The molecule has 1 aliphatic rings. The van der Waals surface area contributed by atoms with Crippen molar-refractivity contribution in [3.63, 3.8) is 0 Å². The van der Waals surface area contributed by atoms with Crippen molar-refractivity contribution in [2.45, 2.75) is 43.9 Å². The number of benzene rings is 2. The van der Waals surface area contributed by atoms with E-state index in [-0.39, 0.29) is 0 Å². The molecule has 0 unspecified atom stereocenters. The van der Waals surface area contributed by atoms with Gasteiger partial charge >= 0.3 is 0 Å². The van der Waals surface area contributed by atoms with Gasteiger partial charge in [0.05, 0.1) is 5.69 Å². The van der Waals surface area contributed by atoms with Crippen molar-refractivity contribution in [1.29, 1.82) is 0 Å². The van der Waals surface area contributed by atoms with Crippen molar-refractivity contribution in [3.8, 4) is 0 Å². The monoisotopic (exact) mass is 502 g/mol. The minimum atomic E-state index is 0.753. The van der Waals surface area contributed by atoms with Gasteiger partial charge in [-0.15, -0.1) is 11.8 Å². The van der Waals surface area contributed by atoms with Crippen LogP contribution in [0.25, 0.3) is 0 Å². The number of piperazine rings is 1. The summed E-state index contributed by atoms with van der Waals surface area (Å²) in [4.78, 5) is 14.9. The smallest absolute Gasteiger partial charge is 0.152 e. The summed E-state index contributed by atoms with van der Waals surface area (Å²) in [5.41, 5.74) is 4.04. The first kappa shape index (κ1) is 28.4. The van der Waals surface area contributed by atoms with Gasteiger partial charge in [0.15, 0.2) is 6.29 Å². The molecule has 2 aromatic carbocycles. The highest BCUT2D eigenvalue weighted by molar-refractivity contribution is 8.00. The van der Waals surface area contributed by atoms with Crippen LogP contribution in [0.4, 0.5) is 17.1 Å². The van der Waals surface area contributed by atoms with E-state index < -0.39 is 0 Å². The van der Waals surface area contributed by atoms with Gasteiger partial charge in [0.2, 0.25) is 0 Å². The van der Waals surface area contributed by atoms with E-state index in [0.717, 1.165) is 49.4 Å². The zero-order chi connectivity index (χ0) is 24.6. The fourth-order valence-electron chi connectivity index (χ4n) is 3.75. The molecule has 0 bridgehead atoms. The summed E-state index contributed by atoms with van der Waals surface area (Å²) >= 11 is 3.57.